The number of benzene rings is 3. The van der Waals surface area contributed by atoms with E-state index in [0.717, 1.165) is 16.3 Å². The number of anilines is 1. The van der Waals surface area contributed by atoms with Gasteiger partial charge in [-0.1, -0.05) is 60.0 Å². The summed E-state index contributed by atoms with van der Waals surface area (Å²) in [7, 11) is -4.16. The number of amides is 2. The van der Waals surface area contributed by atoms with Gasteiger partial charge in [-0.05, 0) is 87.7 Å². The van der Waals surface area contributed by atoms with E-state index >= 15 is 0 Å². The second kappa shape index (κ2) is 13.5. The summed E-state index contributed by atoms with van der Waals surface area (Å²) in [6.07, 6.45) is 0.721. The summed E-state index contributed by atoms with van der Waals surface area (Å²) in [6.45, 7) is 8.59. The molecule has 3 aromatic rings. The fourth-order valence-corrected chi connectivity index (χ4v) is 6.05. The van der Waals surface area contributed by atoms with Crippen LogP contribution < -0.4 is 9.62 Å². The van der Waals surface area contributed by atoms with Crippen LogP contribution in [0.3, 0.4) is 0 Å². The minimum absolute atomic E-state index is 0.0456. The van der Waals surface area contributed by atoms with Crippen molar-refractivity contribution in [2.75, 3.05) is 10.8 Å². The zero-order chi connectivity index (χ0) is 29.6. The predicted molar refractivity (Wildman–Crippen MR) is 161 cm³/mol. The monoisotopic (exact) mass is 603 g/mol. The maximum absolute atomic E-state index is 14.0. The van der Waals surface area contributed by atoms with Gasteiger partial charge in [0, 0.05) is 22.6 Å². The lowest BCUT2D eigenvalue weighted by Crippen LogP contribution is -2.52. The fraction of sp³-hybridized carbons (Fsp3) is 0.333. The highest BCUT2D eigenvalue weighted by Gasteiger charge is 2.33. The van der Waals surface area contributed by atoms with Crippen molar-refractivity contribution in [3.8, 4) is 0 Å². The lowest BCUT2D eigenvalue weighted by atomic mass is 10.1. The highest BCUT2D eigenvalue weighted by atomic mass is 35.5. The average Bonchev–Trinajstić information content (AvgIpc) is 2.90. The van der Waals surface area contributed by atoms with Gasteiger partial charge in [-0.2, -0.15) is 0 Å². The highest BCUT2D eigenvalue weighted by molar-refractivity contribution is 7.92. The van der Waals surface area contributed by atoms with Crippen LogP contribution >= 0.6 is 23.2 Å². The minimum Gasteiger partial charge on any atom is -0.352 e. The number of nitrogens with zero attached hydrogens (tertiary/aromatic N) is 2. The molecule has 0 aliphatic carbocycles. The molecule has 0 saturated heterocycles. The number of hydrogen-bond donors (Lipinski definition) is 1. The number of sulfonamides is 1. The third-order valence-corrected chi connectivity index (χ3v) is 8.97. The summed E-state index contributed by atoms with van der Waals surface area (Å²) in [4.78, 5) is 28.6. The van der Waals surface area contributed by atoms with Crippen molar-refractivity contribution < 1.29 is 18.0 Å². The summed E-state index contributed by atoms with van der Waals surface area (Å²) < 4.78 is 29.0. The first-order valence-electron chi connectivity index (χ1n) is 13.0. The van der Waals surface area contributed by atoms with E-state index in [1.54, 1.807) is 68.4 Å². The van der Waals surface area contributed by atoms with Gasteiger partial charge in [-0.3, -0.25) is 13.9 Å². The topological polar surface area (TPSA) is 86.8 Å². The highest BCUT2D eigenvalue weighted by Crippen LogP contribution is 2.29. The fourth-order valence-electron chi connectivity index (χ4n) is 4.13. The van der Waals surface area contributed by atoms with E-state index in [2.05, 4.69) is 5.32 Å². The van der Waals surface area contributed by atoms with Gasteiger partial charge in [0.05, 0.1) is 10.6 Å². The van der Waals surface area contributed by atoms with Gasteiger partial charge in [-0.15, -0.1) is 0 Å². The SMILES string of the molecule is CC[C@H](C)NC(=O)[C@@H](C)N(Cc1cccc(Cl)c1)C(=O)CN(c1ccc(Cl)cc1C)S(=O)(=O)c1ccc(C)cc1. The van der Waals surface area contributed by atoms with Crippen LogP contribution in [0.4, 0.5) is 5.69 Å². The number of aryl methyl sites for hydroxylation is 2. The van der Waals surface area contributed by atoms with Gasteiger partial charge in [0.2, 0.25) is 11.8 Å². The van der Waals surface area contributed by atoms with Crippen molar-refractivity contribution in [3.05, 3.63) is 93.5 Å². The van der Waals surface area contributed by atoms with E-state index in [1.807, 2.05) is 20.8 Å². The maximum Gasteiger partial charge on any atom is 0.264 e. The molecule has 10 heteroatoms. The molecule has 0 bridgehead atoms. The van der Waals surface area contributed by atoms with Gasteiger partial charge in [0.1, 0.15) is 12.6 Å². The predicted octanol–water partition coefficient (Wildman–Crippen LogP) is 6.14. The molecule has 0 aliphatic rings. The van der Waals surface area contributed by atoms with E-state index < -0.39 is 28.5 Å². The molecular weight excluding hydrogens is 569 g/mol. The third-order valence-electron chi connectivity index (χ3n) is 6.73. The van der Waals surface area contributed by atoms with E-state index in [9.17, 15) is 18.0 Å². The Hall–Kier alpha value is -3.07. The molecule has 2 atom stereocenters. The molecule has 0 heterocycles. The third kappa shape index (κ3) is 7.77. The van der Waals surface area contributed by atoms with Crippen LogP contribution in [0.25, 0.3) is 0 Å². The van der Waals surface area contributed by atoms with Crippen LogP contribution in [0, 0.1) is 13.8 Å². The summed E-state index contributed by atoms with van der Waals surface area (Å²) in [5.74, 6) is -0.878. The van der Waals surface area contributed by atoms with E-state index in [0.29, 0.717) is 26.9 Å². The lowest BCUT2D eigenvalue weighted by molar-refractivity contribution is -0.139. The molecule has 40 heavy (non-hydrogen) atoms. The number of carbonyl (C=O) groups is 2. The van der Waals surface area contributed by atoms with Crippen molar-refractivity contribution in [1.29, 1.82) is 0 Å². The van der Waals surface area contributed by atoms with Crippen molar-refractivity contribution in [3.63, 3.8) is 0 Å². The molecule has 214 valence electrons. The molecule has 0 unspecified atom stereocenters. The molecular formula is C30H35Cl2N3O4S. The average molecular weight is 605 g/mol. The van der Waals surface area contributed by atoms with Crippen molar-refractivity contribution in [2.24, 2.45) is 0 Å². The second-order valence-electron chi connectivity index (χ2n) is 9.90. The van der Waals surface area contributed by atoms with E-state index in [4.69, 9.17) is 23.2 Å². The largest absolute Gasteiger partial charge is 0.352 e. The Balaban J connectivity index is 2.06. The zero-order valence-electron chi connectivity index (χ0n) is 23.3. The summed E-state index contributed by atoms with van der Waals surface area (Å²) in [5.41, 5.74) is 2.51. The number of hydrogen-bond acceptors (Lipinski definition) is 4. The zero-order valence-corrected chi connectivity index (χ0v) is 25.6. The molecule has 7 nitrogen and oxygen atoms in total. The Kier molecular flexibility index (Phi) is 10.6. The molecule has 3 rings (SSSR count). The normalized spacial score (nSPS) is 12.9. The Morgan fingerprint density at radius 3 is 2.17 bits per heavy atom. The standard InChI is InChI=1S/C30H35Cl2N3O4S/c1-6-22(4)33-30(37)23(5)34(18-24-8-7-9-25(31)17-24)29(36)19-35(28-15-12-26(32)16-21(28)3)40(38,39)27-13-10-20(2)11-14-27/h7-17,22-23H,6,18-19H2,1-5H3,(H,33,37)/t22-,23+/m0/s1. The van der Waals surface area contributed by atoms with Gasteiger partial charge in [0.15, 0.2) is 0 Å². The number of carbonyl (C=O) groups excluding carboxylic acids is 2. The van der Waals surface area contributed by atoms with Crippen molar-refractivity contribution in [2.45, 2.75) is 64.6 Å². The first-order chi connectivity index (χ1) is 18.8. The molecule has 2 amide bonds. The molecule has 0 fully saturated rings. The maximum atomic E-state index is 14.0. The Labute approximate surface area is 247 Å². The van der Waals surface area contributed by atoms with Gasteiger partial charge in [0.25, 0.3) is 10.0 Å². The lowest BCUT2D eigenvalue weighted by Gasteiger charge is -2.33. The number of rotatable bonds is 11. The molecule has 0 radical (unpaired) electrons. The molecule has 0 saturated carbocycles. The van der Waals surface area contributed by atoms with Crippen LogP contribution in [-0.4, -0.2) is 43.8 Å². The van der Waals surface area contributed by atoms with Crippen LogP contribution in [0.15, 0.2) is 71.6 Å². The Morgan fingerprint density at radius 2 is 1.57 bits per heavy atom. The van der Waals surface area contributed by atoms with Gasteiger partial charge >= 0.3 is 0 Å². The molecule has 0 aliphatic heterocycles. The number of halogens is 2. The molecule has 0 aromatic heterocycles. The van der Waals surface area contributed by atoms with Crippen molar-refractivity contribution in [1.82, 2.24) is 10.2 Å². The summed E-state index contributed by atoms with van der Waals surface area (Å²) in [5, 5.41) is 3.85. The van der Waals surface area contributed by atoms with Crippen LogP contribution in [0.2, 0.25) is 10.0 Å². The number of nitrogens with one attached hydrogen (secondary N) is 1. The van der Waals surface area contributed by atoms with E-state index in [-0.39, 0.29) is 23.4 Å². The Bertz CT molecular complexity index is 1460. The summed E-state index contributed by atoms with van der Waals surface area (Å²) in [6, 6.07) is 17.3. The minimum atomic E-state index is -4.16. The van der Waals surface area contributed by atoms with E-state index in [1.165, 1.54) is 17.0 Å². The van der Waals surface area contributed by atoms with Crippen LogP contribution in [0.5, 0.6) is 0 Å². The quantitative estimate of drug-likeness (QED) is 0.285. The smallest absolute Gasteiger partial charge is 0.264 e. The first kappa shape index (κ1) is 31.5. The van der Waals surface area contributed by atoms with Crippen LogP contribution in [-0.2, 0) is 26.2 Å². The Morgan fingerprint density at radius 1 is 0.925 bits per heavy atom. The molecule has 3 aromatic carbocycles. The molecule has 1 N–H and O–H groups in total. The second-order valence-corrected chi connectivity index (χ2v) is 12.6. The first-order valence-corrected chi connectivity index (χ1v) is 15.2. The van der Waals surface area contributed by atoms with Gasteiger partial charge < -0.3 is 10.2 Å². The summed E-state index contributed by atoms with van der Waals surface area (Å²) >= 11 is 12.4. The molecule has 0 spiro atoms. The van der Waals surface area contributed by atoms with Crippen LogP contribution in [0.1, 0.15) is 43.9 Å². The van der Waals surface area contributed by atoms with Crippen molar-refractivity contribution >= 4 is 50.7 Å². The van der Waals surface area contributed by atoms with Gasteiger partial charge in [-0.25, -0.2) is 8.42 Å².